The van der Waals surface area contributed by atoms with Gasteiger partial charge in [0, 0.05) is 17.0 Å². The van der Waals surface area contributed by atoms with Crippen LogP contribution >= 0.6 is 22.7 Å². The van der Waals surface area contributed by atoms with Crippen LogP contribution in [0.5, 0.6) is 0 Å². The summed E-state index contributed by atoms with van der Waals surface area (Å²) in [6, 6.07) is -0.332. The second kappa shape index (κ2) is 7.92. The highest BCUT2D eigenvalue weighted by Gasteiger charge is 2.26. The van der Waals surface area contributed by atoms with E-state index in [1.165, 1.54) is 22.7 Å². The summed E-state index contributed by atoms with van der Waals surface area (Å²) >= 11 is 2.66. The third-order valence-electron chi connectivity index (χ3n) is 3.01. The van der Waals surface area contributed by atoms with Gasteiger partial charge >= 0.3 is 6.09 Å². The van der Waals surface area contributed by atoms with E-state index in [2.05, 4.69) is 20.6 Å². The fourth-order valence-electron chi connectivity index (χ4n) is 1.93. The molecule has 0 fully saturated rings. The standard InChI is InChI=1S/C16H22N4O3S2/c1-9(2)11(19-15(22)23-16(3,4)5)13-18-10(8-25-13)12(21)20-14-17-6-7-24-14/h6-9,11H,1-5H3,(H,19,22)(H,17,20,21). The Morgan fingerprint density at radius 2 is 1.96 bits per heavy atom. The number of anilines is 1. The Kier molecular flexibility index (Phi) is 6.12. The Bertz CT molecular complexity index is 720. The summed E-state index contributed by atoms with van der Waals surface area (Å²) in [5.74, 6) is -0.231. The van der Waals surface area contributed by atoms with E-state index < -0.39 is 11.7 Å². The molecule has 2 heterocycles. The van der Waals surface area contributed by atoms with Crippen molar-refractivity contribution in [2.24, 2.45) is 5.92 Å². The van der Waals surface area contributed by atoms with Crippen LogP contribution in [0.15, 0.2) is 17.0 Å². The largest absolute Gasteiger partial charge is 0.444 e. The fourth-order valence-corrected chi connectivity index (χ4v) is 3.47. The maximum Gasteiger partial charge on any atom is 0.408 e. The molecule has 2 aromatic heterocycles. The van der Waals surface area contributed by atoms with E-state index in [9.17, 15) is 9.59 Å². The summed E-state index contributed by atoms with van der Waals surface area (Å²) in [4.78, 5) is 32.7. The van der Waals surface area contributed by atoms with Crippen molar-refractivity contribution in [3.63, 3.8) is 0 Å². The zero-order valence-electron chi connectivity index (χ0n) is 14.8. The number of carbonyl (C=O) groups excluding carboxylic acids is 2. The topological polar surface area (TPSA) is 93.2 Å². The number of hydrogen-bond acceptors (Lipinski definition) is 7. The number of carbonyl (C=O) groups is 2. The number of ether oxygens (including phenoxy) is 1. The monoisotopic (exact) mass is 382 g/mol. The number of aromatic nitrogens is 2. The highest BCUT2D eigenvalue weighted by atomic mass is 32.1. The molecule has 136 valence electrons. The maximum atomic E-state index is 12.2. The number of nitrogens with zero attached hydrogens (tertiary/aromatic N) is 2. The average molecular weight is 383 g/mol. The zero-order chi connectivity index (χ0) is 18.6. The van der Waals surface area contributed by atoms with Gasteiger partial charge in [0.1, 0.15) is 16.3 Å². The average Bonchev–Trinajstić information content (AvgIpc) is 3.13. The SMILES string of the molecule is CC(C)C(NC(=O)OC(C)(C)C)c1nc(C(=O)Nc2nccs2)cs1. The Morgan fingerprint density at radius 1 is 1.24 bits per heavy atom. The second-order valence-electron chi connectivity index (χ2n) is 6.73. The predicted octanol–water partition coefficient (Wildman–Crippen LogP) is 4.07. The number of thiazole rings is 2. The first-order valence-corrected chi connectivity index (χ1v) is 9.57. The molecule has 0 aliphatic rings. The normalized spacial score (nSPS) is 12.7. The summed E-state index contributed by atoms with van der Waals surface area (Å²) in [5, 5.41) is 10.2. The molecule has 2 N–H and O–H groups in total. The predicted molar refractivity (Wildman–Crippen MR) is 99.1 cm³/mol. The van der Waals surface area contributed by atoms with Crippen molar-refractivity contribution in [3.8, 4) is 0 Å². The van der Waals surface area contributed by atoms with E-state index in [-0.39, 0.29) is 17.9 Å². The van der Waals surface area contributed by atoms with Crippen molar-refractivity contribution in [2.75, 3.05) is 5.32 Å². The van der Waals surface area contributed by atoms with E-state index in [1.54, 1.807) is 37.7 Å². The minimum Gasteiger partial charge on any atom is -0.444 e. The van der Waals surface area contributed by atoms with Gasteiger partial charge in [0.05, 0.1) is 6.04 Å². The summed E-state index contributed by atoms with van der Waals surface area (Å²) in [6.07, 6.45) is 1.11. The fraction of sp³-hybridized carbons (Fsp3) is 0.500. The number of alkyl carbamates (subject to hydrolysis) is 1. The first-order valence-electron chi connectivity index (χ1n) is 7.81. The first-order chi connectivity index (χ1) is 11.7. The summed E-state index contributed by atoms with van der Waals surface area (Å²) < 4.78 is 5.30. The number of rotatable bonds is 5. The molecule has 0 aromatic carbocycles. The van der Waals surface area contributed by atoms with Crippen LogP contribution in [0.2, 0.25) is 0 Å². The molecule has 2 aromatic rings. The van der Waals surface area contributed by atoms with Crippen molar-refractivity contribution in [1.29, 1.82) is 0 Å². The molecule has 0 aliphatic carbocycles. The maximum absolute atomic E-state index is 12.2. The third-order valence-corrected chi connectivity index (χ3v) is 4.63. The minimum atomic E-state index is -0.576. The molecule has 25 heavy (non-hydrogen) atoms. The van der Waals surface area contributed by atoms with Crippen LogP contribution in [-0.2, 0) is 4.74 Å². The van der Waals surface area contributed by atoms with Gasteiger partial charge in [-0.05, 0) is 26.7 Å². The lowest BCUT2D eigenvalue weighted by atomic mass is 10.1. The van der Waals surface area contributed by atoms with Crippen LogP contribution in [0.3, 0.4) is 0 Å². The summed E-state index contributed by atoms with van der Waals surface area (Å²) in [7, 11) is 0. The van der Waals surface area contributed by atoms with E-state index in [4.69, 9.17) is 4.74 Å². The van der Waals surface area contributed by atoms with Crippen LogP contribution in [0.1, 0.15) is 56.2 Å². The Hall–Kier alpha value is -2.00. The zero-order valence-corrected chi connectivity index (χ0v) is 16.5. The lowest BCUT2D eigenvalue weighted by Crippen LogP contribution is -2.36. The highest BCUT2D eigenvalue weighted by molar-refractivity contribution is 7.13. The van der Waals surface area contributed by atoms with Crippen molar-refractivity contribution >= 4 is 39.8 Å². The van der Waals surface area contributed by atoms with Crippen LogP contribution in [0.4, 0.5) is 9.93 Å². The molecule has 0 aliphatic heterocycles. The summed E-state index contributed by atoms with van der Waals surface area (Å²) in [5.41, 5.74) is -0.278. The van der Waals surface area contributed by atoms with Crippen LogP contribution in [0, 0.1) is 5.92 Å². The van der Waals surface area contributed by atoms with Gasteiger partial charge in [-0.25, -0.2) is 14.8 Å². The van der Waals surface area contributed by atoms with Gasteiger partial charge in [-0.3, -0.25) is 10.1 Å². The summed E-state index contributed by atoms with van der Waals surface area (Å²) in [6.45, 7) is 9.36. The van der Waals surface area contributed by atoms with E-state index in [0.717, 1.165) is 0 Å². The lowest BCUT2D eigenvalue weighted by Gasteiger charge is -2.24. The van der Waals surface area contributed by atoms with Crippen LogP contribution in [-0.4, -0.2) is 27.6 Å². The molecule has 0 saturated heterocycles. The van der Waals surface area contributed by atoms with Gasteiger partial charge in [-0.1, -0.05) is 13.8 Å². The number of amides is 2. The van der Waals surface area contributed by atoms with E-state index >= 15 is 0 Å². The van der Waals surface area contributed by atoms with Crippen molar-refractivity contribution in [1.82, 2.24) is 15.3 Å². The molecule has 9 heteroatoms. The molecule has 0 bridgehead atoms. The molecule has 0 saturated carbocycles. The molecule has 2 rings (SSSR count). The molecule has 0 radical (unpaired) electrons. The van der Waals surface area contributed by atoms with Crippen molar-refractivity contribution in [2.45, 2.75) is 46.3 Å². The first kappa shape index (κ1) is 19.3. The molecule has 0 spiro atoms. The number of nitrogens with one attached hydrogen (secondary N) is 2. The second-order valence-corrected chi connectivity index (χ2v) is 8.51. The molecule has 2 amide bonds. The Morgan fingerprint density at radius 3 is 2.52 bits per heavy atom. The van der Waals surface area contributed by atoms with Gasteiger partial charge in [-0.15, -0.1) is 22.7 Å². The molecular weight excluding hydrogens is 360 g/mol. The number of hydrogen-bond donors (Lipinski definition) is 2. The van der Waals surface area contributed by atoms with Crippen LogP contribution < -0.4 is 10.6 Å². The molecule has 1 atom stereocenters. The molecule has 1 unspecified atom stereocenters. The molecule has 7 nitrogen and oxygen atoms in total. The van der Waals surface area contributed by atoms with Gasteiger partial charge in [0.2, 0.25) is 0 Å². The Balaban J connectivity index is 2.08. The van der Waals surface area contributed by atoms with Crippen LogP contribution in [0.25, 0.3) is 0 Å². The third kappa shape index (κ3) is 5.79. The van der Waals surface area contributed by atoms with Gasteiger partial charge in [-0.2, -0.15) is 0 Å². The van der Waals surface area contributed by atoms with E-state index in [0.29, 0.717) is 15.8 Å². The smallest absolute Gasteiger partial charge is 0.408 e. The van der Waals surface area contributed by atoms with Crippen molar-refractivity contribution in [3.05, 3.63) is 27.7 Å². The van der Waals surface area contributed by atoms with Gasteiger partial charge < -0.3 is 10.1 Å². The Labute approximate surface area is 154 Å². The van der Waals surface area contributed by atoms with Gasteiger partial charge in [0.25, 0.3) is 5.91 Å². The van der Waals surface area contributed by atoms with Gasteiger partial charge in [0.15, 0.2) is 5.13 Å². The highest BCUT2D eigenvalue weighted by Crippen LogP contribution is 2.26. The lowest BCUT2D eigenvalue weighted by molar-refractivity contribution is 0.0489. The van der Waals surface area contributed by atoms with Crippen molar-refractivity contribution < 1.29 is 14.3 Å². The van der Waals surface area contributed by atoms with E-state index in [1.807, 2.05) is 13.8 Å². The minimum absolute atomic E-state index is 0.0912. The quantitative estimate of drug-likeness (QED) is 0.813. The molecular formula is C16H22N4O3S2.